The summed E-state index contributed by atoms with van der Waals surface area (Å²) in [6.07, 6.45) is 1.97. The third kappa shape index (κ3) is 7.95. The Morgan fingerprint density at radius 2 is 1.77 bits per heavy atom. The van der Waals surface area contributed by atoms with Crippen LogP contribution in [-0.4, -0.2) is 64.3 Å². The molecular weight excluding hydrogens is 328 g/mol. The topological polar surface area (TPSA) is 58.1 Å². The molecule has 0 unspecified atom stereocenters. The molecule has 0 radical (unpaired) electrons. The van der Waals surface area contributed by atoms with E-state index in [9.17, 15) is 0 Å². The van der Waals surface area contributed by atoms with Crippen molar-refractivity contribution in [2.45, 2.75) is 33.6 Å². The van der Waals surface area contributed by atoms with Crippen molar-refractivity contribution in [1.29, 1.82) is 0 Å². The Morgan fingerprint density at radius 3 is 2.38 bits per heavy atom. The molecule has 148 valence electrons. The second kappa shape index (κ2) is 13.3. The fraction of sp³-hybridized carbons (Fsp3) is 0.650. The summed E-state index contributed by atoms with van der Waals surface area (Å²) in [4.78, 5) is 7.09. The number of nitrogens with one attached hydrogen (secondary N) is 2. The smallest absolute Gasteiger partial charge is 0.191 e. The summed E-state index contributed by atoms with van der Waals surface area (Å²) in [5.41, 5.74) is 1.20. The standard InChI is InChI=1S/C20H36N4O2/c1-6-21-20(22-13-9-15-24(7-2)8-3)23-14-12-17-10-11-18(25-4)19(16-17)26-5/h10-11,16H,6-9,12-15H2,1-5H3,(H2,21,22,23). The van der Waals surface area contributed by atoms with Crippen molar-refractivity contribution < 1.29 is 9.47 Å². The molecule has 6 heteroatoms. The van der Waals surface area contributed by atoms with Gasteiger partial charge in [-0.2, -0.15) is 0 Å². The Bertz CT molecular complexity index is 531. The van der Waals surface area contributed by atoms with Crippen LogP contribution < -0.4 is 20.1 Å². The van der Waals surface area contributed by atoms with Gasteiger partial charge < -0.3 is 25.0 Å². The normalized spacial score (nSPS) is 11.5. The van der Waals surface area contributed by atoms with Gasteiger partial charge in [-0.15, -0.1) is 0 Å². The third-order valence-electron chi connectivity index (χ3n) is 4.30. The van der Waals surface area contributed by atoms with Crippen LogP contribution >= 0.6 is 0 Å². The quantitative estimate of drug-likeness (QED) is 0.339. The van der Waals surface area contributed by atoms with Gasteiger partial charge in [0.05, 0.1) is 14.2 Å². The van der Waals surface area contributed by atoms with Crippen LogP contribution in [0.15, 0.2) is 23.2 Å². The van der Waals surface area contributed by atoms with E-state index in [1.165, 1.54) is 5.56 Å². The minimum Gasteiger partial charge on any atom is -0.493 e. The van der Waals surface area contributed by atoms with E-state index >= 15 is 0 Å². The Morgan fingerprint density at radius 1 is 1.04 bits per heavy atom. The predicted molar refractivity (Wildman–Crippen MR) is 110 cm³/mol. The molecule has 0 saturated heterocycles. The molecule has 0 bridgehead atoms. The molecule has 0 aromatic heterocycles. The maximum Gasteiger partial charge on any atom is 0.191 e. The molecule has 1 rings (SSSR count). The van der Waals surface area contributed by atoms with Crippen molar-refractivity contribution in [2.24, 2.45) is 4.99 Å². The Balaban J connectivity index is 2.46. The summed E-state index contributed by atoms with van der Waals surface area (Å²) in [7, 11) is 3.31. The maximum atomic E-state index is 5.36. The fourth-order valence-corrected chi connectivity index (χ4v) is 2.73. The SMILES string of the molecule is CCNC(=NCCCN(CC)CC)NCCc1ccc(OC)c(OC)c1. The molecule has 26 heavy (non-hydrogen) atoms. The second-order valence-corrected chi connectivity index (χ2v) is 6.01. The van der Waals surface area contributed by atoms with Crippen molar-refractivity contribution >= 4 is 5.96 Å². The lowest BCUT2D eigenvalue weighted by molar-refractivity contribution is 0.302. The zero-order chi connectivity index (χ0) is 19.2. The van der Waals surface area contributed by atoms with E-state index < -0.39 is 0 Å². The largest absolute Gasteiger partial charge is 0.493 e. The number of ether oxygens (including phenoxy) is 2. The van der Waals surface area contributed by atoms with E-state index in [-0.39, 0.29) is 0 Å². The van der Waals surface area contributed by atoms with E-state index in [1.807, 2.05) is 12.1 Å². The van der Waals surface area contributed by atoms with Gasteiger partial charge >= 0.3 is 0 Å². The van der Waals surface area contributed by atoms with Gasteiger partial charge in [0.25, 0.3) is 0 Å². The maximum absolute atomic E-state index is 5.36. The van der Waals surface area contributed by atoms with Crippen LogP contribution in [0.3, 0.4) is 0 Å². The van der Waals surface area contributed by atoms with Gasteiger partial charge in [0.2, 0.25) is 0 Å². The Kier molecular flexibility index (Phi) is 11.3. The van der Waals surface area contributed by atoms with E-state index in [2.05, 4.69) is 47.4 Å². The van der Waals surface area contributed by atoms with Crippen molar-refractivity contribution in [2.75, 3.05) is 53.5 Å². The number of aliphatic imine (C=N–C) groups is 1. The van der Waals surface area contributed by atoms with Gasteiger partial charge in [0, 0.05) is 19.6 Å². The minimum atomic E-state index is 0.757. The molecule has 0 atom stereocenters. The second-order valence-electron chi connectivity index (χ2n) is 6.01. The van der Waals surface area contributed by atoms with Gasteiger partial charge in [-0.3, -0.25) is 4.99 Å². The Hall–Kier alpha value is -1.95. The molecule has 0 aliphatic rings. The van der Waals surface area contributed by atoms with E-state index in [0.717, 1.165) is 69.6 Å². The van der Waals surface area contributed by atoms with Gasteiger partial charge in [-0.25, -0.2) is 0 Å². The number of hydrogen-bond donors (Lipinski definition) is 2. The molecule has 0 aliphatic heterocycles. The zero-order valence-corrected chi connectivity index (χ0v) is 17.1. The number of hydrogen-bond acceptors (Lipinski definition) is 4. The van der Waals surface area contributed by atoms with E-state index in [4.69, 9.17) is 9.47 Å². The van der Waals surface area contributed by atoms with Crippen molar-refractivity contribution in [3.8, 4) is 11.5 Å². The lowest BCUT2D eigenvalue weighted by Gasteiger charge is -2.17. The molecule has 2 N–H and O–H groups in total. The summed E-state index contributed by atoms with van der Waals surface area (Å²) >= 11 is 0. The monoisotopic (exact) mass is 364 g/mol. The van der Waals surface area contributed by atoms with Crippen LogP contribution in [0, 0.1) is 0 Å². The summed E-state index contributed by atoms with van der Waals surface area (Å²) in [5, 5.41) is 6.71. The van der Waals surface area contributed by atoms with Crippen LogP contribution in [0.1, 0.15) is 32.8 Å². The van der Waals surface area contributed by atoms with Crippen LogP contribution in [0.2, 0.25) is 0 Å². The minimum absolute atomic E-state index is 0.757. The van der Waals surface area contributed by atoms with Gasteiger partial charge in [-0.05, 0) is 57.1 Å². The molecule has 1 aromatic rings. The first-order valence-electron chi connectivity index (χ1n) is 9.63. The Labute approximate surface area is 159 Å². The van der Waals surface area contributed by atoms with Crippen LogP contribution in [-0.2, 0) is 6.42 Å². The van der Waals surface area contributed by atoms with Crippen LogP contribution in [0.5, 0.6) is 11.5 Å². The molecule has 0 saturated carbocycles. The van der Waals surface area contributed by atoms with Gasteiger partial charge in [0.15, 0.2) is 17.5 Å². The lowest BCUT2D eigenvalue weighted by Crippen LogP contribution is -2.38. The number of methoxy groups -OCH3 is 2. The lowest BCUT2D eigenvalue weighted by atomic mass is 10.1. The highest BCUT2D eigenvalue weighted by molar-refractivity contribution is 5.79. The fourth-order valence-electron chi connectivity index (χ4n) is 2.73. The molecule has 0 amide bonds. The van der Waals surface area contributed by atoms with Crippen LogP contribution in [0.25, 0.3) is 0 Å². The summed E-state index contributed by atoms with van der Waals surface area (Å²) < 4.78 is 10.6. The molecule has 0 heterocycles. The zero-order valence-electron chi connectivity index (χ0n) is 17.1. The van der Waals surface area contributed by atoms with Gasteiger partial charge in [-0.1, -0.05) is 19.9 Å². The van der Waals surface area contributed by atoms with Crippen molar-refractivity contribution in [1.82, 2.24) is 15.5 Å². The van der Waals surface area contributed by atoms with Crippen LogP contribution in [0.4, 0.5) is 0 Å². The molecular formula is C20H36N4O2. The highest BCUT2D eigenvalue weighted by Crippen LogP contribution is 2.27. The number of guanidine groups is 1. The highest BCUT2D eigenvalue weighted by Gasteiger charge is 2.05. The summed E-state index contributed by atoms with van der Waals surface area (Å²) in [6, 6.07) is 6.03. The molecule has 0 aliphatic carbocycles. The van der Waals surface area contributed by atoms with E-state index in [0.29, 0.717) is 0 Å². The molecule has 0 fully saturated rings. The first-order valence-corrected chi connectivity index (χ1v) is 9.63. The first-order chi connectivity index (χ1) is 12.7. The molecule has 0 spiro atoms. The molecule has 1 aromatic carbocycles. The number of benzene rings is 1. The number of rotatable bonds is 12. The summed E-state index contributed by atoms with van der Waals surface area (Å²) in [6.45, 7) is 12.3. The highest BCUT2D eigenvalue weighted by atomic mass is 16.5. The van der Waals surface area contributed by atoms with Crippen molar-refractivity contribution in [3.05, 3.63) is 23.8 Å². The predicted octanol–water partition coefficient (Wildman–Crippen LogP) is 2.53. The van der Waals surface area contributed by atoms with Gasteiger partial charge in [0.1, 0.15) is 0 Å². The average Bonchev–Trinajstić information content (AvgIpc) is 2.67. The first kappa shape index (κ1) is 22.1. The van der Waals surface area contributed by atoms with E-state index in [1.54, 1.807) is 14.2 Å². The average molecular weight is 365 g/mol. The third-order valence-corrected chi connectivity index (χ3v) is 4.30. The summed E-state index contributed by atoms with van der Waals surface area (Å²) in [5.74, 6) is 2.40. The molecule has 6 nitrogen and oxygen atoms in total. The van der Waals surface area contributed by atoms with Crippen molar-refractivity contribution in [3.63, 3.8) is 0 Å². The number of nitrogens with zero attached hydrogens (tertiary/aromatic N) is 2.